The van der Waals surface area contributed by atoms with E-state index in [1.165, 1.54) is 0 Å². The quantitative estimate of drug-likeness (QED) is 0.588. The van der Waals surface area contributed by atoms with Gasteiger partial charge in [0.1, 0.15) is 0 Å². The molecule has 0 aromatic rings. The van der Waals surface area contributed by atoms with Gasteiger partial charge < -0.3 is 18.9 Å². The molecule has 0 aliphatic heterocycles. The molecule has 102 valence electrons. The first kappa shape index (κ1) is 12.9. The van der Waals surface area contributed by atoms with Crippen molar-refractivity contribution in [1.82, 2.24) is 0 Å². The lowest BCUT2D eigenvalue weighted by Gasteiger charge is -2.42. The van der Waals surface area contributed by atoms with Gasteiger partial charge in [-0.1, -0.05) is 0 Å². The summed E-state index contributed by atoms with van der Waals surface area (Å²) in [5.74, 6) is 0.317. The van der Waals surface area contributed by atoms with Gasteiger partial charge in [0, 0.05) is 14.2 Å². The Morgan fingerprint density at radius 2 is 1.28 bits per heavy atom. The van der Waals surface area contributed by atoms with Crippen molar-refractivity contribution in [2.75, 3.05) is 28.4 Å². The number of alkyl halides is 2. The second kappa shape index (κ2) is 3.48. The van der Waals surface area contributed by atoms with E-state index in [-0.39, 0.29) is 11.8 Å². The zero-order valence-electron chi connectivity index (χ0n) is 10.8. The fourth-order valence-electron chi connectivity index (χ4n) is 3.95. The van der Waals surface area contributed by atoms with Crippen molar-refractivity contribution in [3.63, 3.8) is 0 Å². The third kappa shape index (κ3) is 0.912. The molecule has 2 saturated carbocycles. The van der Waals surface area contributed by atoms with Crippen LogP contribution in [0.25, 0.3) is 0 Å². The van der Waals surface area contributed by atoms with Crippen LogP contribution in [-0.2, 0) is 18.9 Å². The highest BCUT2D eigenvalue weighted by molar-refractivity contribution is 6.35. The van der Waals surface area contributed by atoms with Crippen molar-refractivity contribution in [1.29, 1.82) is 0 Å². The highest BCUT2D eigenvalue weighted by atomic mass is 35.5. The fraction of sp³-hybridized carbons (Fsp3) is 0.833. The number of fused-ring (bicyclic) bond motifs is 5. The molecule has 18 heavy (non-hydrogen) atoms. The maximum Gasteiger partial charge on any atom is 0.222 e. The van der Waals surface area contributed by atoms with E-state index in [0.29, 0.717) is 11.5 Å². The van der Waals surface area contributed by atoms with E-state index >= 15 is 0 Å². The third-order valence-electron chi connectivity index (χ3n) is 4.62. The van der Waals surface area contributed by atoms with Crippen molar-refractivity contribution in [2.45, 2.75) is 22.0 Å². The first-order valence-corrected chi connectivity index (χ1v) is 6.56. The summed E-state index contributed by atoms with van der Waals surface area (Å²) in [6.07, 6.45) is 0.932. The number of halogens is 2. The van der Waals surface area contributed by atoms with Crippen LogP contribution in [0.4, 0.5) is 0 Å². The van der Waals surface area contributed by atoms with Gasteiger partial charge in [0.2, 0.25) is 5.79 Å². The van der Waals surface area contributed by atoms with Gasteiger partial charge in [0.25, 0.3) is 0 Å². The minimum Gasteiger partial charge on any atom is -0.495 e. The number of hydrogen-bond acceptors (Lipinski definition) is 4. The average Bonchev–Trinajstić information content (AvgIpc) is 3.12. The second-order valence-electron chi connectivity index (χ2n) is 4.96. The lowest BCUT2D eigenvalue weighted by molar-refractivity contribution is -0.230. The molecule has 0 radical (unpaired) electrons. The SMILES string of the molecule is COC1=C(OC)[C@]2(Cl)[C@@H]3C[C@@H]3[C@@]1(Cl)C2(OC)OC. The maximum atomic E-state index is 6.84. The van der Waals surface area contributed by atoms with E-state index in [1.54, 1.807) is 28.4 Å². The monoisotopic (exact) mass is 294 g/mol. The van der Waals surface area contributed by atoms with E-state index in [4.69, 9.17) is 42.1 Å². The summed E-state index contributed by atoms with van der Waals surface area (Å²) in [4.78, 5) is -1.83. The summed E-state index contributed by atoms with van der Waals surface area (Å²) >= 11 is 13.7. The first-order chi connectivity index (χ1) is 8.49. The summed E-state index contributed by atoms with van der Waals surface area (Å²) < 4.78 is 22.1. The highest BCUT2D eigenvalue weighted by Crippen LogP contribution is 2.80. The summed E-state index contributed by atoms with van der Waals surface area (Å²) in [5.41, 5.74) is 0. The van der Waals surface area contributed by atoms with Gasteiger partial charge in [0.15, 0.2) is 21.3 Å². The molecule has 6 heteroatoms. The molecule has 0 amide bonds. The summed E-state index contributed by atoms with van der Waals surface area (Å²) in [7, 11) is 6.22. The van der Waals surface area contributed by atoms with Crippen LogP contribution in [0.1, 0.15) is 6.42 Å². The van der Waals surface area contributed by atoms with E-state index in [0.717, 1.165) is 6.42 Å². The Balaban J connectivity index is 2.26. The Labute approximate surface area is 116 Å². The Morgan fingerprint density at radius 3 is 1.56 bits per heavy atom. The van der Waals surface area contributed by atoms with Crippen LogP contribution >= 0.6 is 23.2 Å². The van der Waals surface area contributed by atoms with Crippen LogP contribution in [0.2, 0.25) is 0 Å². The minimum atomic E-state index is -1.15. The molecular formula is C12H16Cl2O4. The van der Waals surface area contributed by atoms with Crippen molar-refractivity contribution in [3.05, 3.63) is 11.5 Å². The van der Waals surface area contributed by atoms with Crippen LogP contribution in [0.15, 0.2) is 11.5 Å². The Morgan fingerprint density at radius 1 is 0.889 bits per heavy atom. The van der Waals surface area contributed by atoms with Gasteiger partial charge >= 0.3 is 0 Å². The minimum absolute atomic E-state index is 0.199. The zero-order valence-corrected chi connectivity index (χ0v) is 12.3. The normalized spacial score (nSPS) is 47.2. The van der Waals surface area contributed by atoms with Gasteiger partial charge in [-0.25, -0.2) is 0 Å². The molecular weight excluding hydrogens is 279 g/mol. The molecule has 0 aromatic heterocycles. The number of ether oxygens (including phenoxy) is 4. The average molecular weight is 295 g/mol. The third-order valence-corrected chi connectivity index (χ3v) is 6.02. The molecule has 0 unspecified atom stereocenters. The van der Waals surface area contributed by atoms with E-state index in [2.05, 4.69) is 0 Å². The summed E-state index contributed by atoms with van der Waals surface area (Å²) in [5, 5.41) is 0. The standard InChI is InChI=1S/C12H16Cl2O4/c1-15-8-9(16-2)11(14)7-5-6(7)10(8,13)12(11,17-3)18-4/h6-7H,5H2,1-4H3/t6-,7+,10-,11+. The topological polar surface area (TPSA) is 36.9 Å². The molecule has 4 atom stereocenters. The van der Waals surface area contributed by atoms with Gasteiger partial charge in [0.05, 0.1) is 14.2 Å². The lowest BCUT2D eigenvalue weighted by atomic mass is 9.94. The van der Waals surface area contributed by atoms with Crippen LogP contribution in [0.5, 0.6) is 0 Å². The van der Waals surface area contributed by atoms with E-state index in [9.17, 15) is 0 Å². The molecule has 0 N–H and O–H groups in total. The molecule has 2 fully saturated rings. The van der Waals surface area contributed by atoms with Gasteiger partial charge in [-0.3, -0.25) is 0 Å². The van der Waals surface area contributed by atoms with Crippen LogP contribution < -0.4 is 0 Å². The Hall–Kier alpha value is -0.160. The largest absolute Gasteiger partial charge is 0.495 e. The highest BCUT2D eigenvalue weighted by Gasteiger charge is 2.91. The van der Waals surface area contributed by atoms with Crippen LogP contribution in [-0.4, -0.2) is 44.0 Å². The summed E-state index contributed by atoms with van der Waals surface area (Å²) in [6.45, 7) is 0. The van der Waals surface area contributed by atoms with E-state index < -0.39 is 15.5 Å². The van der Waals surface area contributed by atoms with E-state index in [1.807, 2.05) is 0 Å². The molecule has 0 saturated heterocycles. The van der Waals surface area contributed by atoms with Gasteiger partial charge in [-0.2, -0.15) is 0 Å². The molecule has 0 spiro atoms. The molecule has 2 bridgehead atoms. The first-order valence-electron chi connectivity index (χ1n) is 5.80. The zero-order chi connectivity index (χ0) is 13.3. The molecule has 0 heterocycles. The van der Waals surface area contributed by atoms with Crippen LogP contribution in [0.3, 0.4) is 0 Å². The number of hydrogen-bond donors (Lipinski definition) is 0. The van der Waals surface area contributed by atoms with Gasteiger partial charge in [-0.15, -0.1) is 23.2 Å². The predicted octanol–water partition coefficient (Wildman–Crippen LogP) is 2.10. The van der Waals surface area contributed by atoms with Crippen LogP contribution in [0, 0.1) is 11.8 Å². The summed E-state index contributed by atoms with van der Waals surface area (Å²) in [6, 6.07) is 0. The Bertz CT molecular complexity index is 400. The number of rotatable bonds is 4. The smallest absolute Gasteiger partial charge is 0.222 e. The maximum absolute atomic E-state index is 6.84. The number of methoxy groups -OCH3 is 4. The van der Waals surface area contributed by atoms with Crippen molar-refractivity contribution < 1.29 is 18.9 Å². The van der Waals surface area contributed by atoms with Crippen molar-refractivity contribution in [2.24, 2.45) is 11.8 Å². The lowest BCUT2D eigenvalue weighted by Crippen LogP contribution is -2.59. The van der Waals surface area contributed by atoms with Crippen molar-refractivity contribution in [3.8, 4) is 0 Å². The molecule has 3 aliphatic carbocycles. The molecule has 0 aromatic carbocycles. The molecule has 3 aliphatic rings. The Kier molecular flexibility index (Phi) is 2.49. The molecule has 3 rings (SSSR count). The fourth-order valence-corrected chi connectivity index (χ4v) is 5.42. The predicted molar refractivity (Wildman–Crippen MR) is 66.6 cm³/mol. The second-order valence-corrected chi connectivity index (χ2v) is 6.16. The molecule has 4 nitrogen and oxygen atoms in total. The van der Waals surface area contributed by atoms with Crippen molar-refractivity contribution >= 4 is 23.2 Å². The van der Waals surface area contributed by atoms with Gasteiger partial charge in [-0.05, 0) is 18.3 Å².